The molecule has 0 unspecified atom stereocenters. The fourth-order valence-corrected chi connectivity index (χ4v) is 5.99. The maximum Gasteiger partial charge on any atom is 0.337 e. The van der Waals surface area contributed by atoms with Gasteiger partial charge >= 0.3 is 17.9 Å². The second kappa shape index (κ2) is 12.6. The summed E-state index contributed by atoms with van der Waals surface area (Å²) >= 11 is 6.28. The smallest absolute Gasteiger partial charge is 0.337 e. The Balaban J connectivity index is 1.64. The Morgan fingerprint density at radius 3 is 2.23 bits per heavy atom. The van der Waals surface area contributed by atoms with E-state index in [2.05, 4.69) is 0 Å². The third-order valence-corrected chi connectivity index (χ3v) is 8.02. The zero-order valence-electron chi connectivity index (χ0n) is 23.6. The molecule has 0 saturated heterocycles. The van der Waals surface area contributed by atoms with Crippen LogP contribution in [0, 0.1) is 0 Å². The van der Waals surface area contributed by atoms with Crippen molar-refractivity contribution in [1.82, 2.24) is 4.90 Å². The van der Waals surface area contributed by atoms with E-state index < -0.39 is 46.5 Å². The van der Waals surface area contributed by atoms with E-state index in [4.69, 9.17) is 16.3 Å². The molecule has 0 bridgehead atoms. The van der Waals surface area contributed by atoms with Crippen LogP contribution in [-0.2, 0) is 13.0 Å². The van der Waals surface area contributed by atoms with Crippen LogP contribution in [0.4, 0.5) is 0 Å². The molecule has 9 nitrogen and oxygen atoms in total. The quantitative estimate of drug-likeness (QED) is 0.186. The molecule has 0 spiro atoms. The topological polar surface area (TPSA) is 141 Å². The average molecular weight is 614 g/mol. The van der Waals surface area contributed by atoms with Gasteiger partial charge in [-0.15, -0.1) is 0 Å². The molecule has 0 radical (unpaired) electrons. The summed E-state index contributed by atoms with van der Waals surface area (Å²) in [6.45, 7) is 0.0973. The number of aryl methyl sites for hydroxylation is 1. The van der Waals surface area contributed by atoms with Crippen LogP contribution in [0.2, 0.25) is 5.02 Å². The lowest BCUT2D eigenvalue weighted by atomic mass is 9.86. The molecule has 0 aliphatic heterocycles. The van der Waals surface area contributed by atoms with Crippen LogP contribution in [0.3, 0.4) is 0 Å². The van der Waals surface area contributed by atoms with Gasteiger partial charge in [0.15, 0.2) is 0 Å². The maximum absolute atomic E-state index is 14.3. The van der Waals surface area contributed by atoms with E-state index in [0.29, 0.717) is 17.2 Å². The molecule has 44 heavy (non-hydrogen) atoms. The van der Waals surface area contributed by atoms with Gasteiger partial charge in [0, 0.05) is 22.7 Å². The van der Waals surface area contributed by atoms with Crippen LogP contribution in [-0.4, -0.2) is 51.1 Å². The first-order valence-corrected chi connectivity index (χ1v) is 14.2. The van der Waals surface area contributed by atoms with Gasteiger partial charge in [0.2, 0.25) is 0 Å². The fraction of sp³-hybridized carbons (Fsp3) is 0.176. The summed E-state index contributed by atoms with van der Waals surface area (Å²) in [5.41, 5.74) is 1.64. The molecule has 224 valence electrons. The van der Waals surface area contributed by atoms with Crippen LogP contribution in [0.15, 0.2) is 78.9 Å². The molecule has 0 saturated carbocycles. The molecular weight excluding hydrogens is 586 g/mol. The average Bonchev–Trinajstić information content (AvgIpc) is 3.02. The van der Waals surface area contributed by atoms with Crippen LogP contribution in [0.5, 0.6) is 5.75 Å². The normalized spacial score (nSPS) is 13.9. The number of aromatic carboxylic acids is 3. The van der Waals surface area contributed by atoms with Gasteiger partial charge in [-0.2, -0.15) is 0 Å². The summed E-state index contributed by atoms with van der Waals surface area (Å²) in [5.74, 6) is -5.04. The lowest BCUT2D eigenvalue weighted by Crippen LogP contribution is -2.36. The van der Waals surface area contributed by atoms with Crippen molar-refractivity contribution in [3.8, 4) is 16.9 Å². The number of ether oxygens (including phenoxy) is 1. The van der Waals surface area contributed by atoms with Crippen LogP contribution in [0.1, 0.15) is 77.0 Å². The van der Waals surface area contributed by atoms with Gasteiger partial charge in [-0.3, -0.25) is 4.79 Å². The first-order valence-electron chi connectivity index (χ1n) is 13.8. The Hall–Kier alpha value is -5.15. The molecule has 0 heterocycles. The number of hydrogen-bond donors (Lipinski definition) is 3. The van der Waals surface area contributed by atoms with E-state index in [9.17, 15) is 34.5 Å². The number of carboxylic acids is 3. The van der Waals surface area contributed by atoms with Crippen molar-refractivity contribution in [2.45, 2.75) is 31.8 Å². The number of fused-ring (bicyclic) bond motifs is 1. The molecular formula is C34H28ClNO8. The molecule has 0 aromatic heterocycles. The highest BCUT2D eigenvalue weighted by molar-refractivity contribution is 6.31. The predicted molar refractivity (Wildman–Crippen MR) is 163 cm³/mol. The summed E-state index contributed by atoms with van der Waals surface area (Å²) in [6.07, 6.45) is 2.25. The van der Waals surface area contributed by atoms with Crippen molar-refractivity contribution < 1.29 is 39.2 Å². The second-order valence-corrected chi connectivity index (χ2v) is 10.9. The molecule has 1 aliphatic carbocycles. The van der Waals surface area contributed by atoms with Crippen LogP contribution in [0.25, 0.3) is 11.1 Å². The van der Waals surface area contributed by atoms with E-state index >= 15 is 0 Å². The Bertz CT molecular complexity index is 1770. The van der Waals surface area contributed by atoms with Gasteiger partial charge in [-0.1, -0.05) is 54.1 Å². The van der Waals surface area contributed by atoms with Gasteiger partial charge in [0.25, 0.3) is 5.91 Å². The highest BCUT2D eigenvalue weighted by atomic mass is 35.5. The Morgan fingerprint density at radius 2 is 1.57 bits per heavy atom. The summed E-state index contributed by atoms with van der Waals surface area (Å²) in [4.78, 5) is 51.9. The predicted octanol–water partition coefficient (Wildman–Crippen LogP) is 6.83. The number of rotatable bonds is 9. The SMILES string of the molecule is COc1ccc(Cl)cc1-c1cccc(CN(C(=O)c2cc(C(=O)O)c(C(=O)O)c(C(=O)O)c2)[C@H]2CCCc3ccccc32)c1. The first-order chi connectivity index (χ1) is 21.1. The number of amides is 1. The van der Waals surface area contributed by atoms with Gasteiger partial charge in [-0.25, -0.2) is 14.4 Å². The van der Waals surface area contributed by atoms with E-state index in [1.165, 1.54) is 0 Å². The van der Waals surface area contributed by atoms with E-state index in [1.807, 2.05) is 48.5 Å². The number of carboxylic acid groups (broad SMARTS) is 3. The highest BCUT2D eigenvalue weighted by Gasteiger charge is 2.33. The van der Waals surface area contributed by atoms with Crippen LogP contribution >= 0.6 is 11.6 Å². The first kappa shape index (κ1) is 30.3. The molecule has 1 atom stereocenters. The standard InChI is InChI=1S/C34H28ClNO8/c1-44-29-13-12-23(35)17-25(29)21-9-4-6-19(14-21)18-36(28-11-5-8-20-7-2-3-10-24(20)28)31(37)22-15-26(32(38)39)30(34(42)43)27(16-22)33(40)41/h2-4,6-7,9-10,12-17,28H,5,8,11,18H2,1H3,(H,38,39)(H,40,41)(H,42,43)/t28-/m0/s1. The number of nitrogens with zero attached hydrogens (tertiary/aromatic N) is 1. The zero-order chi connectivity index (χ0) is 31.5. The minimum absolute atomic E-state index is 0.0973. The Labute approximate surface area is 257 Å². The zero-order valence-corrected chi connectivity index (χ0v) is 24.4. The number of carbonyl (C=O) groups excluding carboxylic acids is 1. The third-order valence-electron chi connectivity index (χ3n) is 7.79. The number of carbonyl (C=O) groups is 4. The summed E-state index contributed by atoms with van der Waals surface area (Å²) in [6, 6.07) is 22.0. The minimum Gasteiger partial charge on any atom is -0.496 e. The summed E-state index contributed by atoms with van der Waals surface area (Å²) < 4.78 is 5.53. The van der Waals surface area contributed by atoms with Gasteiger partial charge in [0.05, 0.1) is 29.8 Å². The van der Waals surface area contributed by atoms with Crippen molar-refractivity contribution in [3.05, 3.63) is 123 Å². The third kappa shape index (κ3) is 6.00. The molecule has 1 amide bonds. The van der Waals surface area contributed by atoms with E-state index in [1.54, 1.807) is 30.2 Å². The minimum atomic E-state index is -1.72. The fourth-order valence-electron chi connectivity index (χ4n) is 5.81. The molecule has 3 N–H and O–H groups in total. The van der Waals surface area contributed by atoms with Crippen molar-refractivity contribution in [1.29, 1.82) is 0 Å². The molecule has 10 heteroatoms. The molecule has 4 aromatic rings. The molecule has 1 aliphatic rings. The summed E-state index contributed by atoms with van der Waals surface area (Å²) in [5, 5.41) is 29.7. The number of hydrogen-bond acceptors (Lipinski definition) is 5. The largest absolute Gasteiger partial charge is 0.496 e. The second-order valence-electron chi connectivity index (χ2n) is 10.4. The molecule has 5 rings (SSSR count). The van der Waals surface area contributed by atoms with Gasteiger partial charge < -0.3 is 25.0 Å². The Kier molecular flexibility index (Phi) is 8.69. The van der Waals surface area contributed by atoms with Crippen LogP contribution < -0.4 is 4.74 Å². The van der Waals surface area contributed by atoms with E-state index in [-0.39, 0.29) is 12.1 Å². The van der Waals surface area contributed by atoms with Crippen molar-refractivity contribution in [2.75, 3.05) is 7.11 Å². The Morgan fingerprint density at radius 1 is 0.864 bits per heavy atom. The maximum atomic E-state index is 14.3. The molecule has 4 aromatic carbocycles. The van der Waals surface area contributed by atoms with Crippen molar-refractivity contribution in [3.63, 3.8) is 0 Å². The number of methoxy groups -OCH3 is 1. The van der Waals surface area contributed by atoms with E-state index in [0.717, 1.165) is 52.8 Å². The van der Waals surface area contributed by atoms with Gasteiger partial charge in [-0.05, 0) is 77.9 Å². The lowest BCUT2D eigenvalue weighted by Gasteiger charge is -2.36. The highest BCUT2D eigenvalue weighted by Crippen LogP contribution is 2.38. The molecule has 0 fully saturated rings. The number of benzene rings is 4. The monoisotopic (exact) mass is 613 g/mol. The van der Waals surface area contributed by atoms with Crippen molar-refractivity contribution in [2.24, 2.45) is 0 Å². The summed E-state index contributed by atoms with van der Waals surface area (Å²) in [7, 11) is 1.56. The lowest BCUT2D eigenvalue weighted by molar-refractivity contribution is 0.0624. The van der Waals surface area contributed by atoms with Gasteiger partial charge in [0.1, 0.15) is 5.75 Å². The number of halogens is 1. The van der Waals surface area contributed by atoms with Crippen molar-refractivity contribution >= 4 is 35.4 Å².